The fourth-order valence-electron chi connectivity index (χ4n) is 2.49. The summed E-state index contributed by atoms with van der Waals surface area (Å²) in [5.74, 6) is -0.257. The molecular formula is C19H17NO4. The number of furan rings is 1. The first-order valence-electron chi connectivity index (χ1n) is 7.62. The van der Waals surface area contributed by atoms with E-state index in [1.54, 1.807) is 19.9 Å². The molecule has 0 spiro atoms. The number of rotatable bonds is 4. The van der Waals surface area contributed by atoms with Gasteiger partial charge in [0.05, 0.1) is 12.3 Å². The second-order valence-electron chi connectivity index (χ2n) is 5.35. The van der Waals surface area contributed by atoms with Gasteiger partial charge in [-0.05, 0) is 48.7 Å². The number of esters is 1. The number of hydrogen-bond donors (Lipinski definition) is 1. The van der Waals surface area contributed by atoms with Crippen molar-refractivity contribution in [3.05, 3.63) is 59.9 Å². The van der Waals surface area contributed by atoms with Crippen molar-refractivity contribution in [1.82, 2.24) is 0 Å². The van der Waals surface area contributed by atoms with Crippen LogP contribution >= 0.6 is 0 Å². The number of benzene rings is 2. The van der Waals surface area contributed by atoms with E-state index in [0.717, 1.165) is 22.1 Å². The van der Waals surface area contributed by atoms with Crippen molar-refractivity contribution in [1.29, 1.82) is 0 Å². The number of nitrogens with zero attached hydrogens (tertiary/aromatic N) is 1. The number of ether oxygens (including phenoxy) is 1. The summed E-state index contributed by atoms with van der Waals surface area (Å²) in [4.78, 5) is 11.8. The van der Waals surface area contributed by atoms with Gasteiger partial charge < -0.3 is 14.4 Å². The number of carbonyl (C=O) groups excluding carboxylic acids is 1. The highest BCUT2D eigenvalue weighted by Gasteiger charge is 2.13. The Morgan fingerprint density at radius 3 is 2.50 bits per heavy atom. The summed E-state index contributed by atoms with van der Waals surface area (Å²) in [7, 11) is 0. The van der Waals surface area contributed by atoms with E-state index < -0.39 is 5.97 Å². The predicted octanol–water partition coefficient (Wildman–Crippen LogP) is 4.47. The molecule has 0 amide bonds. The van der Waals surface area contributed by atoms with Gasteiger partial charge in [0.1, 0.15) is 5.58 Å². The Morgan fingerprint density at radius 1 is 1.12 bits per heavy atom. The van der Waals surface area contributed by atoms with Crippen LogP contribution in [-0.4, -0.2) is 23.5 Å². The zero-order valence-corrected chi connectivity index (χ0v) is 13.4. The van der Waals surface area contributed by atoms with Crippen LogP contribution in [0.3, 0.4) is 0 Å². The van der Waals surface area contributed by atoms with E-state index in [1.807, 2.05) is 42.5 Å². The molecule has 3 aromatic rings. The lowest BCUT2D eigenvalue weighted by atomic mass is 10.0. The van der Waals surface area contributed by atoms with E-state index in [0.29, 0.717) is 17.9 Å². The Balaban J connectivity index is 1.94. The zero-order chi connectivity index (χ0) is 17.1. The van der Waals surface area contributed by atoms with Crippen LogP contribution in [0, 0.1) is 0 Å². The molecule has 0 aliphatic carbocycles. The molecule has 1 N–H and O–H groups in total. The number of hydrogen-bond acceptors (Lipinski definition) is 5. The van der Waals surface area contributed by atoms with E-state index in [-0.39, 0.29) is 5.76 Å². The van der Waals surface area contributed by atoms with E-state index >= 15 is 0 Å². The summed E-state index contributed by atoms with van der Waals surface area (Å²) in [5, 5.41) is 12.9. The van der Waals surface area contributed by atoms with Crippen LogP contribution in [0.5, 0.6) is 0 Å². The normalized spacial score (nSPS) is 11.7. The molecule has 122 valence electrons. The van der Waals surface area contributed by atoms with Crippen LogP contribution in [-0.2, 0) is 4.74 Å². The van der Waals surface area contributed by atoms with Gasteiger partial charge in [-0.25, -0.2) is 4.79 Å². The number of fused-ring (bicyclic) bond motifs is 1. The quantitative estimate of drug-likeness (QED) is 0.333. The molecular weight excluding hydrogens is 306 g/mol. The smallest absolute Gasteiger partial charge is 0.374 e. The van der Waals surface area contributed by atoms with Crippen molar-refractivity contribution in [2.45, 2.75) is 13.8 Å². The summed E-state index contributed by atoms with van der Waals surface area (Å²) in [6, 6.07) is 15.1. The minimum Gasteiger partial charge on any atom is -0.460 e. The predicted molar refractivity (Wildman–Crippen MR) is 91.6 cm³/mol. The molecule has 0 aliphatic rings. The van der Waals surface area contributed by atoms with Crippen LogP contribution in [0.1, 0.15) is 30.0 Å². The maximum atomic E-state index is 11.8. The summed E-state index contributed by atoms with van der Waals surface area (Å²) < 4.78 is 10.5. The van der Waals surface area contributed by atoms with E-state index in [9.17, 15) is 4.79 Å². The van der Waals surface area contributed by atoms with Crippen LogP contribution in [0.2, 0.25) is 0 Å². The van der Waals surface area contributed by atoms with Crippen molar-refractivity contribution < 1.29 is 19.2 Å². The Morgan fingerprint density at radius 2 is 1.83 bits per heavy atom. The molecule has 0 radical (unpaired) electrons. The van der Waals surface area contributed by atoms with Crippen LogP contribution in [0.4, 0.5) is 0 Å². The first-order chi connectivity index (χ1) is 11.6. The molecule has 1 aromatic heterocycles. The van der Waals surface area contributed by atoms with E-state index in [1.165, 1.54) is 0 Å². The Bertz CT molecular complexity index is 907. The fraction of sp³-hybridized carbons (Fsp3) is 0.158. The van der Waals surface area contributed by atoms with Gasteiger partial charge in [0.25, 0.3) is 0 Å². The molecule has 3 rings (SSSR count). The molecule has 2 aromatic carbocycles. The molecule has 5 nitrogen and oxygen atoms in total. The Kier molecular flexibility index (Phi) is 4.33. The topological polar surface area (TPSA) is 72.0 Å². The molecule has 0 aliphatic heterocycles. The van der Waals surface area contributed by atoms with Crippen molar-refractivity contribution in [3.63, 3.8) is 0 Å². The maximum absolute atomic E-state index is 11.8. The van der Waals surface area contributed by atoms with Gasteiger partial charge in [-0.2, -0.15) is 0 Å². The zero-order valence-electron chi connectivity index (χ0n) is 13.4. The highest BCUT2D eigenvalue weighted by Crippen LogP contribution is 2.27. The third-order valence-corrected chi connectivity index (χ3v) is 3.78. The molecule has 24 heavy (non-hydrogen) atoms. The molecule has 0 saturated heterocycles. The average molecular weight is 323 g/mol. The van der Waals surface area contributed by atoms with Crippen LogP contribution in [0.25, 0.3) is 22.1 Å². The monoisotopic (exact) mass is 323 g/mol. The summed E-state index contributed by atoms with van der Waals surface area (Å²) >= 11 is 0. The van der Waals surface area contributed by atoms with Gasteiger partial charge >= 0.3 is 5.97 Å². The third-order valence-electron chi connectivity index (χ3n) is 3.78. The van der Waals surface area contributed by atoms with Crippen molar-refractivity contribution in [2.24, 2.45) is 5.16 Å². The largest absolute Gasteiger partial charge is 0.460 e. The fourth-order valence-corrected chi connectivity index (χ4v) is 2.49. The molecule has 0 bridgehead atoms. The molecule has 0 unspecified atom stereocenters. The van der Waals surface area contributed by atoms with E-state index in [4.69, 9.17) is 14.4 Å². The number of carbonyl (C=O) groups is 1. The van der Waals surface area contributed by atoms with Crippen LogP contribution < -0.4 is 0 Å². The van der Waals surface area contributed by atoms with Crippen molar-refractivity contribution in [2.75, 3.05) is 6.61 Å². The molecule has 0 saturated carbocycles. The second kappa shape index (κ2) is 6.58. The average Bonchev–Trinajstić information content (AvgIpc) is 3.04. The maximum Gasteiger partial charge on any atom is 0.374 e. The van der Waals surface area contributed by atoms with Crippen molar-refractivity contribution >= 4 is 22.7 Å². The van der Waals surface area contributed by atoms with Gasteiger partial charge in [0, 0.05) is 5.39 Å². The van der Waals surface area contributed by atoms with E-state index in [2.05, 4.69) is 5.16 Å². The summed E-state index contributed by atoms with van der Waals surface area (Å²) in [6.07, 6.45) is 0. The minimum absolute atomic E-state index is 0.203. The minimum atomic E-state index is -0.460. The summed E-state index contributed by atoms with van der Waals surface area (Å²) in [6.45, 7) is 3.80. The first-order valence-corrected chi connectivity index (χ1v) is 7.62. The molecule has 5 heteroatoms. The lowest BCUT2D eigenvalue weighted by molar-refractivity contribution is 0.0492. The third kappa shape index (κ3) is 3.01. The first kappa shape index (κ1) is 15.8. The van der Waals surface area contributed by atoms with Gasteiger partial charge in [-0.15, -0.1) is 0 Å². The second-order valence-corrected chi connectivity index (χ2v) is 5.35. The Labute approximate surface area is 139 Å². The van der Waals surface area contributed by atoms with Crippen molar-refractivity contribution in [3.8, 4) is 11.1 Å². The van der Waals surface area contributed by atoms with Gasteiger partial charge in [-0.1, -0.05) is 35.5 Å². The van der Waals surface area contributed by atoms with Gasteiger partial charge in [-0.3, -0.25) is 0 Å². The van der Waals surface area contributed by atoms with Crippen LogP contribution in [0.15, 0.2) is 58.1 Å². The SMILES string of the molecule is CCOC(=O)c1cc2cc(-c3ccc(C(C)=NO)cc3)ccc2o1. The lowest BCUT2D eigenvalue weighted by Gasteiger charge is -2.04. The number of oxime groups is 1. The molecule has 1 heterocycles. The van der Waals surface area contributed by atoms with Gasteiger partial charge in [0.2, 0.25) is 5.76 Å². The highest BCUT2D eigenvalue weighted by molar-refractivity contribution is 5.99. The summed E-state index contributed by atoms with van der Waals surface area (Å²) in [5.41, 5.74) is 4.08. The standard InChI is InChI=1S/C19H17NO4/c1-3-23-19(21)18-11-16-10-15(8-9-17(16)24-18)14-6-4-13(5-7-14)12(2)20-22/h4-11,22H,3H2,1-2H3. The molecule has 0 fully saturated rings. The highest BCUT2D eigenvalue weighted by atomic mass is 16.5. The van der Waals surface area contributed by atoms with Gasteiger partial charge in [0.15, 0.2) is 0 Å². The molecule has 0 atom stereocenters. The lowest BCUT2D eigenvalue weighted by Crippen LogP contribution is -2.02. The Hall–Kier alpha value is -3.08.